The number of benzene rings is 2. The molecule has 2 aliphatic rings. The normalized spacial score (nSPS) is 25.7. The molecule has 2 aromatic rings. The largest absolute Gasteiger partial charge is 0.489 e. The Morgan fingerprint density at radius 3 is 2.50 bits per heavy atom. The van der Waals surface area contributed by atoms with Gasteiger partial charge in [-0.1, -0.05) is 48.9 Å². The molecule has 2 aliphatic heterocycles. The number of Topliss-reactive ketones (excluding diaryl/α,β-unsaturated/α-hetero) is 1. The maximum Gasteiger partial charge on any atom is 0.166 e. The molecule has 2 fully saturated rings. The number of carbonyl (C=O) groups excluding carboxylic acids is 1. The van der Waals surface area contributed by atoms with Gasteiger partial charge in [0.15, 0.2) is 5.78 Å². The maximum absolute atomic E-state index is 13.1. The van der Waals surface area contributed by atoms with E-state index in [1.165, 1.54) is 19.3 Å². The summed E-state index contributed by atoms with van der Waals surface area (Å²) in [5.74, 6) is 1.22. The van der Waals surface area contributed by atoms with Crippen LogP contribution in [0.5, 0.6) is 5.75 Å². The summed E-state index contributed by atoms with van der Waals surface area (Å²) in [5, 5.41) is 0. The van der Waals surface area contributed by atoms with E-state index in [-0.39, 0.29) is 5.92 Å². The number of nitrogens with zero attached hydrogens (tertiary/aromatic N) is 1. The number of piperidine rings is 2. The molecule has 4 rings (SSSR count). The lowest BCUT2D eigenvalue weighted by Gasteiger charge is -2.46. The van der Waals surface area contributed by atoms with Gasteiger partial charge in [0.2, 0.25) is 0 Å². The molecule has 0 radical (unpaired) electrons. The summed E-state index contributed by atoms with van der Waals surface area (Å²) < 4.78 is 5.90. The third kappa shape index (κ3) is 3.68. The highest BCUT2D eigenvalue weighted by molar-refractivity contribution is 5.98. The SMILES string of the molecule is CN1C2CCCC1CC(C(=O)c1cccc(OCc3ccccc3)c1)C2. The minimum absolute atomic E-state index is 0.158. The van der Waals surface area contributed by atoms with Crippen LogP contribution in [0.3, 0.4) is 0 Å². The van der Waals surface area contributed by atoms with Crippen LogP contribution >= 0.6 is 0 Å². The number of fused-ring (bicyclic) bond motifs is 2. The maximum atomic E-state index is 13.1. The second kappa shape index (κ2) is 7.63. The Labute approximate surface area is 156 Å². The highest BCUT2D eigenvalue weighted by Crippen LogP contribution is 2.37. The van der Waals surface area contributed by atoms with Gasteiger partial charge in [0, 0.05) is 23.6 Å². The number of carbonyl (C=O) groups is 1. The van der Waals surface area contributed by atoms with Crippen molar-refractivity contribution in [2.24, 2.45) is 5.92 Å². The van der Waals surface area contributed by atoms with Crippen LogP contribution in [0.2, 0.25) is 0 Å². The second-order valence-corrected chi connectivity index (χ2v) is 7.74. The van der Waals surface area contributed by atoms with Crippen molar-refractivity contribution in [3.8, 4) is 5.75 Å². The first-order valence-electron chi connectivity index (χ1n) is 9.73. The topological polar surface area (TPSA) is 29.5 Å². The van der Waals surface area contributed by atoms with Crippen molar-refractivity contribution in [3.63, 3.8) is 0 Å². The number of hydrogen-bond acceptors (Lipinski definition) is 3. The third-order valence-electron chi connectivity index (χ3n) is 6.08. The van der Waals surface area contributed by atoms with Gasteiger partial charge in [-0.25, -0.2) is 0 Å². The number of ether oxygens (including phenoxy) is 1. The number of hydrogen-bond donors (Lipinski definition) is 0. The molecule has 2 bridgehead atoms. The van der Waals surface area contributed by atoms with Crippen LogP contribution in [0.4, 0.5) is 0 Å². The van der Waals surface area contributed by atoms with Gasteiger partial charge in [-0.05, 0) is 50.4 Å². The van der Waals surface area contributed by atoms with E-state index in [1.54, 1.807) is 0 Å². The zero-order valence-corrected chi connectivity index (χ0v) is 15.4. The highest BCUT2D eigenvalue weighted by Gasteiger charge is 2.38. The first kappa shape index (κ1) is 17.3. The molecule has 0 aromatic heterocycles. The molecule has 2 saturated heterocycles. The van der Waals surface area contributed by atoms with Crippen LogP contribution in [-0.4, -0.2) is 29.8 Å². The van der Waals surface area contributed by atoms with E-state index < -0.39 is 0 Å². The van der Waals surface area contributed by atoms with Gasteiger partial charge in [-0.3, -0.25) is 4.79 Å². The van der Waals surface area contributed by atoms with Crippen molar-refractivity contribution in [1.82, 2.24) is 4.90 Å². The summed E-state index contributed by atoms with van der Waals surface area (Å²) >= 11 is 0. The van der Waals surface area contributed by atoms with E-state index in [4.69, 9.17) is 4.74 Å². The average molecular weight is 349 g/mol. The van der Waals surface area contributed by atoms with Crippen molar-refractivity contribution < 1.29 is 9.53 Å². The van der Waals surface area contributed by atoms with Crippen LogP contribution in [-0.2, 0) is 6.61 Å². The Morgan fingerprint density at radius 1 is 1.04 bits per heavy atom. The van der Waals surface area contributed by atoms with Crippen LogP contribution in [0.1, 0.15) is 48.0 Å². The zero-order valence-electron chi connectivity index (χ0n) is 15.4. The number of rotatable bonds is 5. The van der Waals surface area contributed by atoms with Crippen LogP contribution in [0.15, 0.2) is 54.6 Å². The van der Waals surface area contributed by atoms with Crippen LogP contribution < -0.4 is 4.74 Å². The third-order valence-corrected chi connectivity index (χ3v) is 6.08. The summed E-state index contributed by atoms with van der Waals surface area (Å²) in [6, 6.07) is 19.0. The summed E-state index contributed by atoms with van der Waals surface area (Å²) in [6.07, 6.45) is 5.78. The van der Waals surface area contributed by atoms with Gasteiger partial charge < -0.3 is 9.64 Å². The first-order chi connectivity index (χ1) is 12.7. The van der Waals surface area contributed by atoms with Crippen LogP contribution in [0.25, 0.3) is 0 Å². The molecule has 3 heteroatoms. The summed E-state index contributed by atoms with van der Waals surface area (Å²) in [7, 11) is 2.23. The number of ketones is 1. The van der Waals surface area contributed by atoms with Gasteiger partial charge in [0.25, 0.3) is 0 Å². The first-order valence-corrected chi connectivity index (χ1v) is 9.73. The van der Waals surface area contributed by atoms with Crippen molar-refractivity contribution in [2.75, 3.05) is 7.05 Å². The quantitative estimate of drug-likeness (QED) is 0.732. The van der Waals surface area contributed by atoms with Gasteiger partial charge in [0.1, 0.15) is 12.4 Å². The molecule has 2 heterocycles. The predicted octanol–water partition coefficient (Wildman–Crippen LogP) is 4.71. The zero-order chi connectivity index (χ0) is 17.9. The van der Waals surface area contributed by atoms with E-state index in [0.29, 0.717) is 24.5 Å². The highest BCUT2D eigenvalue weighted by atomic mass is 16.5. The van der Waals surface area contributed by atoms with E-state index in [0.717, 1.165) is 29.7 Å². The molecule has 0 spiro atoms. The Bertz CT molecular complexity index is 744. The van der Waals surface area contributed by atoms with Crippen molar-refractivity contribution in [3.05, 3.63) is 65.7 Å². The summed E-state index contributed by atoms with van der Waals surface area (Å²) in [5.41, 5.74) is 1.93. The van der Waals surface area contributed by atoms with Crippen LogP contribution in [0, 0.1) is 5.92 Å². The molecular weight excluding hydrogens is 322 g/mol. The molecule has 26 heavy (non-hydrogen) atoms. The Kier molecular flexibility index (Phi) is 5.07. The molecule has 2 aromatic carbocycles. The second-order valence-electron chi connectivity index (χ2n) is 7.74. The van der Waals surface area contributed by atoms with Crippen molar-refractivity contribution >= 4 is 5.78 Å². The fraction of sp³-hybridized carbons (Fsp3) is 0.435. The van der Waals surface area contributed by atoms with Gasteiger partial charge >= 0.3 is 0 Å². The predicted molar refractivity (Wildman–Crippen MR) is 103 cm³/mol. The monoisotopic (exact) mass is 349 g/mol. The Hall–Kier alpha value is -2.13. The molecule has 2 atom stereocenters. The fourth-order valence-corrected chi connectivity index (χ4v) is 4.55. The molecule has 0 N–H and O–H groups in total. The fourth-order valence-electron chi connectivity index (χ4n) is 4.55. The van der Waals surface area contributed by atoms with E-state index in [9.17, 15) is 4.79 Å². The van der Waals surface area contributed by atoms with E-state index >= 15 is 0 Å². The smallest absolute Gasteiger partial charge is 0.166 e. The summed E-state index contributed by atoms with van der Waals surface area (Å²) in [6.45, 7) is 0.525. The lowest BCUT2D eigenvalue weighted by molar-refractivity contribution is 0.0338. The molecular formula is C23H27NO2. The molecule has 136 valence electrons. The minimum Gasteiger partial charge on any atom is -0.489 e. The summed E-state index contributed by atoms with van der Waals surface area (Å²) in [4.78, 5) is 15.6. The standard InChI is InChI=1S/C23H27NO2/c1-24-20-10-6-11-21(24)14-19(13-20)23(25)18-9-5-12-22(15-18)26-16-17-7-3-2-4-8-17/h2-5,7-9,12,15,19-21H,6,10-11,13-14,16H2,1H3. The lowest BCUT2D eigenvalue weighted by atomic mass is 9.76. The molecule has 0 saturated carbocycles. The van der Waals surface area contributed by atoms with Gasteiger partial charge in [-0.2, -0.15) is 0 Å². The minimum atomic E-state index is 0.158. The van der Waals surface area contributed by atoms with Gasteiger partial charge in [0.05, 0.1) is 0 Å². The average Bonchev–Trinajstić information content (AvgIpc) is 2.67. The molecule has 0 aliphatic carbocycles. The van der Waals surface area contributed by atoms with Gasteiger partial charge in [-0.15, -0.1) is 0 Å². The van der Waals surface area contributed by atoms with Crippen molar-refractivity contribution in [2.45, 2.75) is 50.8 Å². The van der Waals surface area contributed by atoms with E-state index in [1.807, 2.05) is 54.6 Å². The Balaban J connectivity index is 1.43. The van der Waals surface area contributed by atoms with Crippen molar-refractivity contribution in [1.29, 1.82) is 0 Å². The molecule has 2 unspecified atom stereocenters. The molecule has 3 nitrogen and oxygen atoms in total. The Morgan fingerprint density at radius 2 is 1.77 bits per heavy atom. The lowest BCUT2D eigenvalue weighted by Crippen LogP contribution is -2.51. The van der Waals surface area contributed by atoms with E-state index in [2.05, 4.69) is 11.9 Å². The molecule has 0 amide bonds.